The summed E-state index contributed by atoms with van der Waals surface area (Å²) in [7, 11) is -3.98. The summed E-state index contributed by atoms with van der Waals surface area (Å²) in [5, 5.41) is 0. The van der Waals surface area contributed by atoms with Crippen LogP contribution in [0.3, 0.4) is 0 Å². The van der Waals surface area contributed by atoms with Crippen LogP contribution in [0.4, 0.5) is 18.9 Å². The number of hydrogen-bond donors (Lipinski definition) is 1. The number of anilines is 1. The second kappa shape index (κ2) is 5.92. The average molecular weight is 394 g/mol. The first-order valence-electron chi connectivity index (χ1n) is 6.06. The zero-order valence-electron chi connectivity index (χ0n) is 11.3. The van der Waals surface area contributed by atoms with Crippen LogP contribution >= 0.6 is 15.9 Å². The Hall–Kier alpha value is -1.54. The fraction of sp³-hybridized carbons (Fsp3) is 0.143. The molecule has 0 radical (unpaired) electrons. The van der Waals surface area contributed by atoms with Crippen molar-refractivity contribution in [1.82, 2.24) is 0 Å². The summed E-state index contributed by atoms with van der Waals surface area (Å²) in [5.41, 5.74) is -0.996. The van der Waals surface area contributed by atoms with Crippen molar-refractivity contribution >= 4 is 31.6 Å². The molecule has 1 N–H and O–H groups in total. The van der Waals surface area contributed by atoms with Crippen molar-refractivity contribution in [3.63, 3.8) is 0 Å². The van der Waals surface area contributed by atoms with Gasteiger partial charge < -0.3 is 0 Å². The lowest BCUT2D eigenvalue weighted by Gasteiger charge is -2.14. The second-order valence-corrected chi connectivity index (χ2v) is 7.07. The molecule has 0 fully saturated rings. The van der Waals surface area contributed by atoms with E-state index in [0.29, 0.717) is 4.47 Å². The topological polar surface area (TPSA) is 46.2 Å². The maximum absolute atomic E-state index is 12.9. The molecular weight excluding hydrogens is 383 g/mol. The van der Waals surface area contributed by atoms with E-state index in [2.05, 4.69) is 20.7 Å². The number of hydrogen-bond acceptors (Lipinski definition) is 2. The first-order valence-corrected chi connectivity index (χ1v) is 8.34. The summed E-state index contributed by atoms with van der Waals surface area (Å²) >= 11 is 3.10. The van der Waals surface area contributed by atoms with E-state index in [-0.39, 0.29) is 16.1 Å². The van der Waals surface area contributed by atoms with Crippen LogP contribution in [0.1, 0.15) is 11.1 Å². The Morgan fingerprint density at radius 1 is 1.09 bits per heavy atom. The van der Waals surface area contributed by atoms with Crippen molar-refractivity contribution in [2.45, 2.75) is 18.0 Å². The minimum Gasteiger partial charge on any atom is -0.280 e. The number of sulfonamides is 1. The molecular formula is C14H11BrF3NO2S. The van der Waals surface area contributed by atoms with Crippen LogP contribution in [-0.4, -0.2) is 8.42 Å². The molecule has 0 heterocycles. The van der Waals surface area contributed by atoms with Gasteiger partial charge in [0.2, 0.25) is 0 Å². The van der Waals surface area contributed by atoms with Crippen LogP contribution in [-0.2, 0) is 16.2 Å². The summed E-state index contributed by atoms with van der Waals surface area (Å²) in [6.07, 6.45) is -4.54. The van der Waals surface area contributed by atoms with E-state index in [1.165, 1.54) is 37.3 Å². The predicted molar refractivity (Wildman–Crippen MR) is 81.1 cm³/mol. The lowest BCUT2D eigenvalue weighted by atomic mass is 10.1. The highest BCUT2D eigenvalue weighted by molar-refractivity contribution is 9.10. The molecule has 0 saturated heterocycles. The molecule has 2 aromatic rings. The number of nitrogens with one attached hydrogen (secondary N) is 1. The van der Waals surface area contributed by atoms with Crippen molar-refractivity contribution in [3.05, 3.63) is 58.1 Å². The van der Waals surface area contributed by atoms with Crippen LogP contribution in [0.15, 0.2) is 51.8 Å². The van der Waals surface area contributed by atoms with Crippen LogP contribution in [0.25, 0.3) is 0 Å². The first-order chi connectivity index (χ1) is 10.1. The van der Waals surface area contributed by atoms with Gasteiger partial charge in [0.25, 0.3) is 10.0 Å². The fourth-order valence-electron chi connectivity index (χ4n) is 1.86. The lowest BCUT2D eigenvalue weighted by Crippen LogP contribution is -2.15. The van der Waals surface area contributed by atoms with Gasteiger partial charge in [-0.1, -0.05) is 18.2 Å². The summed E-state index contributed by atoms with van der Waals surface area (Å²) in [6.45, 7) is 1.31. The largest absolute Gasteiger partial charge is 0.416 e. The number of aryl methyl sites for hydroxylation is 1. The predicted octanol–water partition coefficient (Wildman–Crippen LogP) is 4.58. The van der Waals surface area contributed by atoms with E-state index in [1.54, 1.807) is 6.07 Å². The zero-order valence-corrected chi connectivity index (χ0v) is 13.7. The molecule has 0 saturated carbocycles. The lowest BCUT2D eigenvalue weighted by molar-refractivity contribution is -0.138. The molecule has 0 bridgehead atoms. The molecule has 2 aromatic carbocycles. The van der Waals surface area contributed by atoms with Crippen molar-refractivity contribution in [2.24, 2.45) is 0 Å². The molecule has 22 heavy (non-hydrogen) atoms. The maximum atomic E-state index is 12.9. The SMILES string of the molecule is Cc1ccc(NS(=O)(=O)c2ccccc2Br)cc1C(F)(F)F. The molecule has 2 rings (SSSR count). The molecule has 0 aliphatic rings. The van der Waals surface area contributed by atoms with Crippen LogP contribution < -0.4 is 4.72 Å². The van der Waals surface area contributed by atoms with Gasteiger partial charge in [-0.25, -0.2) is 8.42 Å². The van der Waals surface area contributed by atoms with E-state index in [1.807, 2.05) is 0 Å². The van der Waals surface area contributed by atoms with Gasteiger partial charge in [0.15, 0.2) is 0 Å². The highest BCUT2D eigenvalue weighted by atomic mass is 79.9. The van der Waals surface area contributed by atoms with E-state index in [9.17, 15) is 21.6 Å². The Kier molecular flexibility index (Phi) is 4.53. The van der Waals surface area contributed by atoms with Crippen molar-refractivity contribution in [2.75, 3.05) is 4.72 Å². The Morgan fingerprint density at radius 3 is 2.32 bits per heavy atom. The molecule has 0 amide bonds. The Bertz CT molecular complexity index is 804. The third-order valence-corrected chi connectivity index (χ3v) is 5.31. The van der Waals surface area contributed by atoms with Crippen LogP contribution in [0.2, 0.25) is 0 Å². The van der Waals surface area contributed by atoms with Crippen LogP contribution in [0.5, 0.6) is 0 Å². The number of halogens is 4. The van der Waals surface area contributed by atoms with Crippen molar-refractivity contribution in [3.8, 4) is 0 Å². The molecule has 0 aliphatic heterocycles. The number of alkyl halides is 3. The van der Waals surface area contributed by atoms with Gasteiger partial charge in [-0.3, -0.25) is 4.72 Å². The Labute approximate surface area is 134 Å². The molecule has 8 heteroatoms. The molecule has 0 spiro atoms. The van der Waals surface area contributed by atoms with Gasteiger partial charge in [0, 0.05) is 10.2 Å². The minimum absolute atomic E-state index is 0.0244. The number of benzene rings is 2. The standard InChI is InChI=1S/C14H11BrF3NO2S/c1-9-6-7-10(8-11(9)14(16,17)18)19-22(20,21)13-5-3-2-4-12(13)15/h2-8,19H,1H3. The summed E-state index contributed by atoms with van der Waals surface area (Å²) in [5.74, 6) is 0. The monoisotopic (exact) mass is 393 g/mol. The summed E-state index contributed by atoms with van der Waals surface area (Å²) < 4.78 is 65.6. The maximum Gasteiger partial charge on any atom is 0.416 e. The quantitative estimate of drug-likeness (QED) is 0.829. The van der Waals surface area contributed by atoms with Gasteiger partial charge >= 0.3 is 6.18 Å². The Balaban J connectivity index is 2.41. The van der Waals surface area contributed by atoms with Gasteiger partial charge in [-0.2, -0.15) is 13.2 Å². The smallest absolute Gasteiger partial charge is 0.280 e. The first kappa shape index (κ1) is 16.8. The average Bonchev–Trinajstić information content (AvgIpc) is 2.39. The highest BCUT2D eigenvalue weighted by Gasteiger charge is 2.32. The third kappa shape index (κ3) is 3.61. The normalized spacial score (nSPS) is 12.2. The van der Waals surface area contributed by atoms with E-state index >= 15 is 0 Å². The second-order valence-electron chi connectivity index (χ2n) is 4.56. The molecule has 0 atom stereocenters. The van der Waals surface area contributed by atoms with Crippen molar-refractivity contribution < 1.29 is 21.6 Å². The fourth-order valence-corrected chi connectivity index (χ4v) is 3.92. The molecule has 118 valence electrons. The van der Waals surface area contributed by atoms with E-state index in [0.717, 1.165) is 6.07 Å². The Morgan fingerprint density at radius 2 is 1.73 bits per heavy atom. The van der Waals surface area contributed by atoms with Gasteiger partial charge in [0.1, 0.15) is 4.90 Å². The van der Waals surface area contributed by atoms with E-state index in [4.69, 9.17) is 0 Å². The molecule has 0 aromatic heterocycles. The van der Waals surface area contributed by atoms with Gasteiger partial charge in [-0.15, -0.1) is 0 Å². The summed E-state index contributed by atoms with van der Waals surface area (Å²) in [4.78, 5) is -0.0517. The minimum atomic E-state index is -4.54. The molecule has 3 nitrogen and oxygen atoms in total. The van der Waals surface area contributed by atoms with Gasteiger partial charge in [-0.05, 0) is 52.7 Å². The number of rotatable bonds is 3. The highest BCUT2D eigenvalue weighted by Crippen LogP contribution is 2.34. The van der Waals surface area contributed by atoms with Crippen LogP contribution in [0, 0.1) is 6.92 Å². The molecule has 0 aliphatic carbocycles. The third-order valence-electron chi connectivity index (χ3n) is 2.92. The van der Waals surface area contributed by atoms with Crippen molar-refractivity contribution in [1.29, 1.82) is 0 Å². The zero-order chi connectivity index (χ0) is 16.5. The van der Waals surface area contributed by atoms with E-state index < -0.39 is 21.8 Å². The molecule has 0 unspecified atom stereocenters. The summed E-state index contributed by atoms with van der Waals surface area (Å²) in [6, 6.07) is 9.34. The van der Waals surface area contributed by atoms with Gasteiger partial charge in [0.05, 0.1) is 5.56 Å².